The van der Waals surface area contributed by atoms with Gasteiger partial charge in [-0.1, -0.05) is 0 Å². The van der Waals surface area contributed by atoms with Crippen LogP contribution in [0.4, 0.5) is 10.5 Å². The van der Waals surface area contributed by atoms with E-state index in [-0.39, 0.29) is 24.6 Å². The van der Waals surface area contributed by atoms with Crippen LogP contribution < -0.4 is 4.90 Å². The van der Waals surface area contributed by atoms with Crippen LogP contribution >= 0.6 is 0 Å². The molecule has 5 rings (SSSR count). The normalized spacial score (nSPS) is 16.9. The van der Waals surface area contributed by atoms with Gasteiger partial charge in [0.2, 0.25) is 5.91 Å². The van der Waals surface area contributed by atoms with Crippen LogP contribution in [0, 0.1) is 0 Å². The van der Waals surface area contributed by atoms with Gasteiger partial charge >= 0.3 is 6.03 Å². The summed E-state index contributed by atoms with van der Waals surface area (Å²) in [6.45, 7) is 3.21. The van der Waals surface area contributed by atoms with Crippen molar-refractivity contribution in [3.63, 3.8) is 0 Å². The van der Waals surface area contributed by atoms with Gasteiger partial charge in [0, 0.05) is 56.6 Å². The number of urea groups is 1. The molecule has 0 radical (unpaired) electrons. The summed E-state index contributed by atoms with van der Waals surface area (Å²) in [7, 11) is 1.80. The highest BCUT2D eigenvalue weighted by Gasteiger charge is 2.37. The molecule has 3 amide bonds. The van der Waals surface area contributed by atoms with Crippen molar-refractivity contribution in [3.05, 3.63) is 47.9 Å². The Balaban J connectivity index is 1.59. The molecule has 1 fully saturated rings. The molecule has 1 saturated heterocycles. The van der Waals surface area contributed by atoms with Crippen LogP contribution in [0.3, 0.4) is 0 Å². The molecule has 0 saturated carbocycles. The van der Waals surface area contributed by atoms with Gasteiger partial charge in [-0.2, -0.15) is 0 Å². The smallest absolute Gasteiger partial charge is 0.324 e. The number of aliphatic hydroxyl groups excluding tert-OH is 1. The van der Waals surface area contributed by atoms with Crippen molar-refractivity contribution in [3.8, 4) is 11.3 Å². The van der Waals surface area contributed by atoms with Crippen molar-refractivity contribution in [1.29, 1.82) is 0 Å². The standard InChI is InChI=1S/C24H26N6O3/c1-15(32)29-9-7-19(8-10-29)30-23-17(13-28(2)24(30)33)12-26-21-6-5-20(27-22(21)23)16-3-4-18(14-31)25-11-16/h3-6,11-12,19,31H,7-10,13-14H2,1-2H3. The van der Waals surface area contributed by atoms with Gasteiger partial charge < -0.3 is 14.9 Å². The van der Waals surface area contributed by atoms with E-state index in [1.165, 1.54) is 0 Å². The number of pyridine rings is 3. The molecule has 0 aromatic carbocycles. The zero-order valence-electron chi connectivity index (χ0n) is 18.7. The van der Waals surface area contributed by atoms with Crippen LogP contribution in [-0.4, -0.2) is 68.0 Å². The monoisotopic (exact) mass is 446 g/mol. The Morgan fingerprint density at radius 2 is 1.91 bits per heavy atom. The lowest BCUT2D eigenvalue weighted by molar-refractivity contribution is -0.129. The predicted octanol–water partition coefficient (Wildman–Crippen LogP) is 2.57. The summed E-state index contributed by atoms with van der Waals surface area (Å²) in [6, 6.07) is 7.38. The lowest BCUT2D eigenvalue weighted by atomic mass is 9.99. The van der Waals surface area contributed by atoms with E-state index >= 15 is 0 Å². The maximum atomic E-state index is 13.4. The molecule has 9 nitrogen and oxygen atoms in total. The van der Waals surface area contributed by atoms with E-state index in [2.05, 4.69) is 9.97 Å². The molecule has 0 aliphatic carbocycles. The minimum atomic E-state index is -0.115. The van der Waals surface area contributed by atoms with E-state index in [9.17, 15) is 14.7 Å². The molecule has 170 valence electrons. The van der Waals surface area contributed by atoms with Crippen LogP contribution in [0.1, 0.15) is 31.0 Å². The second-order valence-corrected chi connectivity index (χ2v) is 8.64. The second kappa shape index (κ2) is 8.40. The number of likely N-dealkylation sites (tertiary alicyclic amines) is 1. The lowest BCUT2D eigenvalue weighted by Crippen LogP contribution is -2.54. The van der Waals surface area contributed by atoms with Crippen molar-refractivity contribution in [1.82, 2.24) is 24.8 Å². The fourth-order valence-corrected chi connectivity index (χ4v) is 4.69. The first-order chi connectivity index (χ1) is 16.0. The summed E-state index contributed by atoms with van der Waals surface area (Å²) in [5, 5.41) is 9.27. The van der Waals surface area contributed by atoms with Crippen LogP contribution in [0.15, 0.2) is 36.7 Å². The van der Waals surface area contributed by atoms with Gasteiger partial charge in [-0.25, -0.2) is 9.78 Å². The van der Waals surface area contributed by atoms with Gasteiger partial charge in [-0.05, 0) is 37.1 Å². The number of fused-ring (bicyclic) bond motifs is 3. The number of aromatic nitrogens is 3. The van der Waals surface area contributed by atoms with E-state index in [0.717, 1.165) is 28.0 Å². The zero-order valence-corrected chi connectivity index (χ0v) is 18.7. The maximum Gasteiger partial charge on any atom is 0.324 e. The third-order valence-electron chi connectivity index (χ3n) is 6.50. The first-order valence-corrected chi connectivity index (χ1v) is 11.1. The van der Waals surface area contributed by atoms with Gasteiger partial charge in [0.25, 0.3) is 0 Å². The fourth-order valence-electron chi connectivity index (χ4n) is 4.69. The van der Waals surface area contributed by atoms with E-state index in [1.54, 1.807) is 31.1 Å². The molecule has 0 atom stereocenters. The molecule has 1 N–H and O–H groups in total. The molecular weight excluding hydrogens is 420 g/mol. The van der Waals surface area contributed by atoms with Crippen LogP contribution in [-0.2, 0) is 17.9 Å². The fraction of sp³-hybridized carbons (Fsp3) is 0.375. The van der Waals surface area contributed by atoms with Crippen molar-refractivity contribution in [2.75, 3.05) is 25.0 Å². The van der Waals surface area contributed by atoms with Crippen LogP contribution in [0.2, 0.25) is 0 Å². The minimum Gasteiger partial charge on any atom is -0.390 e. The van der Waals surface area contributed by atoms with Gasteiger partial charge in [-0.3, -0.25) is 19.7 Å². The van der Waals surface area contributed by atoms with Crippen molar-refractivity contribution < 1.29 is 14.7 Å². The number of piperidine rings is 1. The summed E-state index contributed by atoms with van der Waals surface area (Å²) in [6.07, 6.45) is 4.96. The van der Waals surface area contributed by atoms with E-state index in [4.69, 9.17) is 4.98 Å². The minimum absolute atomic E-state index is 0.0174. The highest BCUT2D eigenvalue weighted by molar-refractivity contribution is 6.04. The molecule has 33 heavy (non-hydrogen) atoms. The first kappa shape index (κ1) is 21.3. The molecule has 2 aliphatic heterocycles. The second-order valence-electron chi connectivity index (χ2n) is 8.64. The van der Waals surface area contributed by atoms with Crippen molar-refractivity contribution in [2.24, 2.45) is 0 Å². The lowest BCUT2D eigenvalue weighted by Gasteiger charge is -2.43. The predicted molar refractivity (Wildman–Crippen MR) is 123 cm³/mol. The molecule has 3 aromatic rings. The summed E-state index contributed by atoms with van der Waals surface area (Å²) in [5.74, 6) is 0.0673. The average molecular weight is 447 g/mol. The Labute approximate surface area is 191 Å². The molecule has 5 heterocycles. The number of hydrogen-bond acceptors (Lipinski definition) is 6. The topological polar surface area (TPSA) is 103 Å². The Bertz CT molecular complexity index is 1220. The van der Waals surface area contributed by atoms with Crippen molar-refractivity contribution in [2.45, 2.75) is 39.0 Å². The first-order valence-electron chi connectivity index (χ1n) is 11.1. The Hall–Kier alpha value is -3.59. The number of carbonyl (C=O) groups excluding carboxylic acids is 2. The summed E-state index contributed by atoms with van der Waals surface area (Å²) in [5.41, 5.74) is 5.32. The van der Waals surface area contributed by atoms with Gasteiger partial charge in [0.05, 0.1) is 35.7 Å². The number of hydrogen-bond donors (Lipinski definition) is 1. The SMILES string of the molecule is CC(=O)N1CCC(N2C(=O)N(C)Cc3cnc4ccc(-c5ccc(CO)nc5)nc4c32)CC1. The molecule has 0 unspecified atom stereocenters. The summed E-state index contributed by atoms with van der Waals surface area (Å²) >= 11 is 0. The van der Waals surface area contributed by atoms with Gasteiger partial charge in [0.15, 0.2) is 0 Å². The van der Waals surface area contributed by atoms with Gasteiger partial charge in [-0.15, -0.1) is 0 Å². The van der Waals surface area contributed by atoms with E-state index in [1.807, 2.05) is 34.2 Å². The number of anilines is 1. The Morgan fingerprint density at radius 3 is 2.58 bits per heavy atom. The zero-order chi connectivity index (χ0) is 23.1. The number of rotatable bonds is 3. The molecular formula is C24H26N6O3. The van der Waals surface area contributed by atoms with Gasteiger partial charge in [0.1, 0.15) is 5.52 Å². The highest BCUT2D eigenvalue weighted by Crippen LogP contribution is 2.37. The number of aliphatic hydroxyl groups is 1. The molecule has 0 bridgehead atoms. The molecule has 0 spiro atoms. The molecule has 2 aliphatic rings. The quantitative estimate of drug-likeness (QED) is 0.663. The molecule has 9 heteroatoms. The van der Waals surface area contributed by atoms with Crippen molar-refractivity contribution >= 4 is 28.7 Å². The number of amides is 3. The van der Waals surface area contributed by atoms with Crippen LogP contribution in [0.25, 0.3) is 22.3 Å². The van der Waals surface area contributed by atoms with E-state index < -0.39 is 0 Å². The maximum absolute atomic E-state index is 13.4. The third-order valence-corrected chi connectivity index (χ3v) is 6.50. The number of nitrogens with zero attached hydrogens (tertiary/aromatic N) is 6. The largest absolute Gasteiger partial charge is 0.390 e. The Morgan fingerprint density at radius 1 is 1.12 bits per heavy atom. The van der Waals surface area contributed by atoms with E-state index in [0.29, 0.717) is 43.7 Å². The Kier molecular flexibility index (Phi) is 5.41. The third kappa shape index (κ3) is 3.78. The average Bonchev–Trinajstić information content (AvgIpc) is 2.84. The summed E-state index contributed by atoms with van der Waals surface area (Å²) in [4.78, 5) is 44.3. The molecule has 3 aromatic heterocycles. The van der Waals surface area contributed by atoms with Crippen LogP contribution in [0.5, 0.6) is 0 Å². The number of carbonyl (C=O) groups is 2. The summed E-state index contributed by atoms with van der Waals surface area (Å²) < 4.78 is 0. The highest BCUT2D eigenvalue weighted by atomic mass is 16.3.